The molecule has 1 heterocycles. The standard InChI is InChI=1S/C15H22N2O2/c1-11-4-5-13(10-12(11)2)17-8-7-16(3)15(19)14(17)6-9-18/h4-5,10,14,18H,6-9H2,1-3H3. The Bertz CT molecular complexity index is 473. The van der Waals surface area contributed by atoms with Crippen LogP contribution < -0.4 is 4.90 Å². The molecule has 1 amide bonds. The maximum absolute atomic E-state index is 12.2. The van der Waals surface area contributed by atoms with Gasteiger partial charge in [0.05, 0.1) is 0 Å². The van der Waals surface area contributed by atoms with Crippen LogP contribution in [0.15, 0.2) is 18.2 Å². The van der Waals surface area contributed by atoms with E-state index in [4.69, 9.17) is 0 Å². The molecule has 0 radical (unpaired) electrons. The summed E-state index contributed by atoms with van der Waals surface area (Å²) in [6.07, 6.45) is 0.482. The van der Waals surface area contributed by atoms with E-state index in [9.17, 15) is 9.90 Å². The molecule has 1 atom stereocenters. The summed E-state index contributed by atoms with van der Waals surface area (Å²) in [5, 5.41) is 9.19. The van der Waals surface area contributed by atoms with Crippen molar-refractivity contribution < 1.29 is 9.90 Å². The Balaban J connectivity index is 2.30. The Labute approximate surface area is 114 Å². The average molecular weight is 262 g/mol. The summed E-state index contributed by atoms with van der Waals surface area (Å²) in [7, 11) is 1.82. The van der Waals surface area contributed by atoms with Crippen LogP contribution in [-0.2, 0) is 4.79 Å². The highest BCUT2D eigenvalue weighted by Gasteiger charge is 2.32. The van der Waals surface area contributed by atoms with E-state index in [0.717, 1.165) is 18.8 Å². The van der Waals surface area contributed by atoms with Crippen LogP contribution in [0.1, 0.15) is 17.5 Å². The van der Waals surface area contributed by atoms with Gasteiger partial charge in [0.15, 0.2) is 0 Å². The summed E-state index contributed by atoms with van der Waals surface area (Å²) in [4.78, 5) is 16.1. The Morgan fingerprint density at radius 3 is 2.63 bits per heavy atom. The van der Waals surface area contributed by atoms with Crippen molar-refractivity contribution in [3.8, 4) is 0 Å². The Morgan fingerprint density at radius 1 is 1.26 bits per heavy atom. The van der Waals surface area contributed by atoms with E-state index in [-0.39, 0.29) is 18.6 Å². The lowest BCUT2D eigenvalue weighted by molar-refractivity contribution is -0.133. The molecule has 0 saturated carbocycles. The third kappa shape index (κ3) is 2.73. The van der Waals surface area contributed by atoms with Crippen LogP contribution in [0.4, 0.5) is 5.69 Å². The van der Waals surface area contributed by atoms with Crippen molar-refractivity contribution >= 4 is 11.6 Å². The van der Waals surface area contributed by atoms with Gasteiger partial charge in [-0.15, -0.1) is 0 Å². The molecule has 0 bridgehead atoms. The number of benzene rings is 1. The van der Waals surface area contributed by atoms with Crippen molar-refractivity contribution in [2.75, 3.05) is 31.6 Å². The van der Waals surface area contributed by atoms with Crippen LogP contribution in [0.3, 0.4) is 0 Å². The molecular formula is C15H22N2O2. The van der Waals surface area contributed by atoms with Crippen molar-refractivity contribution in [1.82, 2.24) is 4.90 Å². The van der Waals surface area contributed by atoms with Crippen molar-refractivity contribution in [1.29, 1.82) is 0 Å². The molecule has 1 aliphatic heterocycles. The average Bonchev–Trinajstić information content (AvgIpc) is 2.39. The van der Waals surface area contributed by atoms with E-state index in [1.165, 1.54) is 11.1 Å². The highest BCUT2D eigenvalue weighted by Crippen LogP contribution is 2.24. The fourth-order valence-corrected chi connectivity index (χ4v) is 2.53. The van der Waals surface area contributed by atoms with Gasteiger partial charge < -0.3 is 14.9 Å². The largest absolute Gasteiger partial charge is 0.396 e. The molecule has 0 aromatic heterocycles. The molecule has 0 spiro atoms. The van der Waals surface area contributed by atoms with Crippen LogP contribution in [0.25, 0.3) is 0 Å². The molecule has 1 N–H and O–H groups in total. The minimum atomic E-state index is -0.245. The molecule has 1 unspecified atom stereocenters. The first-order valence-corrected chi connectivity index (χ1v) is 6.74. The van der Waals surface area contributed by atoms with Gasteiger partial charge >= 0.3 is 0 Å². The zero-order valence-corrected chi connectivity index (χ0v) is 11.9. The van der Waals surface area contributed by atoms with Crippen LogP contribution in [0.2, 0.25) is 0 Å². The monoisotopic (exact) mass is 262 g/mol. The summed E-state index contributed by atoms with van der Waals surface area (Å²) < 4.78 is 0. The molecule has 1 fully saturated rings. The van der Waals surface area contributed by atoms with Crippen molar-refractivity contribution in [3.63, 3.8) is 0 Å². The minimum absolute atomic E-state index is 0.0333. The van der Waals surface area contributed by atoms with E-state index < -0.39 is 0 Å². The molecule has 0 aliphatic carbocycles. The Hall–Kier alpha value is -1.55. The van der Waals surface area contributed by atoms with Crippen LogP contribution in [0.5, 0.6) is 0 Å². The second kappa shape index (κ2) is 5.61. The van der Waals surface area contributed by atoms with Crippen LogP contribution >= 0.6 is 0 Å². The number of likely N-dealkylation sites (N-methyl/N-ethyl adjacent to an activating group) is 1. The number of rotatable bonds is 3. The lowest BCUT2D eigenvalue weighted by atomic mass is 10.0. The molecule has 2 rings (SSSR count). The number of anilines is 1. The fraction of sp³-hybridized carbons (Fsp3) is 0.533. The number of hydrogen-bond donors (Lipinski definition) is 1. The SMILES string of the molecule is Cc1ccc(N2CCN(C)C(=O)C2CCO)cc1C. The van der Waals surface area contributed by atoms with E-state index in [1.807, 2.05) is 7.05 Å². The van der Waals surface area contributed by atoms with Crippen LogP contribution in [0, 0.1) is 13.8 Å². The van der Waals surface area contributed by atoms with Gasteiger partial charge in [0.1, 0.15) is 6.04 Å². The maximum atomic E-state index is 12.2. The first kappa shape index (κ1) is 13.9. The Morgan fingerprint density at radius 2 is 2.00 bits per heavy atom. The molecule has 1 aromatic carbocycles. The lowest BCUT2D eigenvalue weighted by Crippen LogP contribution is -2.56. The first-order chi connectivity index (χ1) is 9.04. The second-order valence-corrected chi connectivity index (χ2v) is 5.25. The van der Waals surface area contributed by atoms with Crippen LogP contribution in [-0.4, -0.2) is 48.7 Å². The zero-order valence-electron chi connectivity index (χ0n) is 11.9. The van der Waals surface area contributed by atoms with Crippen molar-refractivity contribution in [2.24, 2.45) is 0 Å². The quantitative estimate of drug-likeness (QED) is 0.894. The van der Waals surface area contributed by atoms with E-state index in [2.05, 4.69) is 36.9 Å². The first-order valence-electron chi connectivity index (χ1n) is 6.74. The third-order valence-corrected chi connectivity index (χ3v) is 3.94. The second-order valence-electron chi connectivity index (χ2n) is 5.25. The van der Waals surface area contributed by atoms with Gasteiger partial charge in [0.2, 0.25) is 5.91 Å². The summed E-state index contributed by atoms with van der Waals surface area (Å²) in [6.45, 7) is 5.74. The molecule has 1 aliphatic rings. The normalized spacial score (nSPS) is 20.0. The highest BCUT2D eigenvalue weighted by atomic mass is 16.3. The van der Waals surface area contributed by atoms with E-state index >= 15 is 0 Å². The topological polar surface area (TPSA) is 43.8 Å². The Kier molecular flexibility index (Phi) is 4.10. The van der Waals surface area contributed by atoms with Gasteiger partial charge in [-0.3, -0.25) is 4.79 Å². The molecule has 1 aromatic rings. The number of nitrogens with zero attached hydrogens (tertiary/aromatic N) is 2. The summed E-state index contributed by atoms with van der Waals surface area (Å²) in [5.74, 6) is 0.0959. The fourth-order valence-electron chi connectivity index (χ4n) is 2.53. The van der Waals surface area contributed by atoms with Gasteiger partial charge in [-0.05, 0) is 43.5 Å². The molecular weight excluding hydrogens is 240 g/mol. The van der Waals surface area contributed by atoms with Gasteiger partial charge in [0.25, 0.3) is 0 Å². The predicted octanol–water partition coefficient (Wildman–Crippen LogP) is 1.33. The number of piperazine rings is 1. The smallest absolute Gasteiger partial charge is 0.245 e. The highest BCUT2D eigenvalue weighted by molar-refractivity contribution is 5.86. The zero-order chi connectivity index (χ0) is 14.0. The van der Waals surface area contributed by atoms with Gasteiger partial charge in [0, 0.05) is 32.4 Å². The lowest BCUT2D eigenvalue weighted by Gasteiger charge is -2.40. The van der Waals surface area contributed by atoms with Crippen molar-refractivity contribution in [2.45, 2.75) is 26.3 Å². The number of hydrogen-bond acceptors (Lipinski definition) is 3. The van der Waals surface area contributed by atoms with E-state index in [1.54, 1.807) is 4.90 Å². The molecule has 104 valence electrons. The van der Waals surface area contributed by atoms with Crippen molar-refractivity contribution in [3.05, 3.63) is 29.3 Å². The molecule has 19 heavy (non-hydrogen) atoms. The molecule has 4 nitrogen and oxygen atoms in total. The number of amides is 1. The number of aliphatic hydroxyl groups excluding tert-OH is 1. The predicted molar refractivity (Wildman–Crippen MR) is 76.4 cm³/mol. The number of aryl methyl sites for hydroxylation is 2. The molecule has 1 saturated heterocycles. The van der Waals surface area contributed by atoms with Gasteiger partial charge in [-0.2, -0.15) is 0 Å². The summed E-state index contributed by atoms with van der Waals surface area (Å²) in [6, 6.07) is 6.03. The molecule has 4 heteroatoms. The number of carbonyl (C=O) groups is 1. The van der Waals surface area contributed by atoms with E-state index in [0.29, 0.717) is 6.42 Å². The number of aliphatic hydroxyl groups is 1. The minimum Gasteiger partial charge on any atom is -0.396 e. The summed E-state index contributed by atoms with van der Waals surface area (Å²) >= 11 is 0. The number of carbonyl (C=O) groups excluding carboxylic acids is 1. The van der Waals surface area contributed by atoms with Gasteiger partial charge in [-0.25, -0.2) is 0 Å². The summed E-state index contributed by atoms with van der Waals surface area (Å²) in [5.41, 5.74) is 3.55. The van der Waals surface area contributed by atoms with Gasteiger partial charge in [-0.1, -0.05) is 6.07 Å². The third-order valence-electron chi connectivity index (χ3n) is 3.94. The maximum Gasteiger partial charge on any atom is 0.245 e.